The van der Waals surface area contributed by atoms with E-state index >= 15 is 0 Å². The molecule has 0 aromatic heterocycles. The summed E-state index contributed by atoms with van der Waals surface area (Å²) in [4.78, 5) is 29.8. The summed E-state index contributed by atoms with van der Waals surface area (Å²) in [7, 11) is -3.85. The third kappa shape index (κ3) is 9.22. The van der Waals surface area contributed by atoms with Gasteiger partial charge in [-0.1, -0.05) is 105 Å². The molecular weight excluding hydrogens is 617 g/mol. The van der Waals surface area contributed by atoms with Crippen LogP contribution in [0.1, 0.15) is 68.6 Å². The maximum Gasteiger partial charge on any atom is 0.244 e. The summed E-state index contributed by atoms with van der Waals surface area (Å²) in [5.41, 5.74) is 2.99. The minimum atomic E-state index is -3.85. The van der Waals surface area contributed by atoms with Crippen LogP contribution in [0.25, 0.3) is 0 Å². The minimum absolute atomic E-state index is 0.0310. The van der Waals surface area contributed by atoms with Crippen LogP contribution in [0.15, 0.2) is 72.8 Å². The molecule has 1 saturated carbocycles. The molecule has 3 aromatic rings. The number of anilines is 1. The van der Waals surface area contributed by atoms with Crippen LogP contribution in [0.4, 0.5) is 5.69 Å². The first kappa shape index (κ1) is 33.8. The van der Waals surface area contributed by atoms with E-state index in [9.17, 15) is 18.0 Å². The first-order valence-electron chi connectivity index (χ1n) is 15.1. The van der Waals surface area contributed by atoms with Crippen molar-refractivity contribution in [3.63, 3.8) is 0 Å². The fourth-order valence-electron chi connectivity index (χ4n) is 5.57. The van der Waals surface area contributed by atoms with Gasteiger partial charge in [-0.15, -0.1) is 0 Å². The van der Waals surface area contributed by atoms with E-state index in [1.807, 2.05) is 42.5 Å². The molecule has 10 heteroatoms. The second-order valence-corrected chi connectivity index (χ2v) is 14.6. The van der Waals surface area contributed by atoms with Gasteiger partial charge in [0, 0.05) is 19.0 Å². The Hall–Kier alpha value is -3.07. The third-order valence-electron chi connectivity index (χ3n) is 8.09. The molecule has 1 aliphatic carbocycles. The number of rotatable bonds is 12. The largest absolute Gasteiger partial charge is 0.352 e. The Morgan fingerprint density at radius 1 is 0.886 bits per heavy atom. The lowest BCUT2D eigenvalue weighted by Crippen LogP contribution is -2.55. The highest BCUT2D eigenvalue weighted by molar-refractivity contribution is 7.92. The van der Waals surface area contributed by atoms with Crippen LogP contribution in [-0.2, 0) is 32.6 Å². The Bertz CT molecular complexity index is 1530. The van der Waals surface area contributed by atoms with Crippen molar-refractivity contribution in [1.29, 1.82) is 0 Å². The van der Waals surface area contributed by atoms with Crippen LogP contribution in [0.2, 0.25) is 10.0 Å². The molecule has 236 valence electrons. The summed E-state index contributed by atoms with van der Waals surface area (Å²) < 4.78 is 27.2. The topological polar surface area (TPSA) is 86.8 Å². The quantitative estimate of drug-likeness (QED) is 0.228. The number of amides is 2. The number of sulfonamides is 1. The number of benzene rings is 3. The second kappa shape index (κ2) is 15.3. The number of halogens is 2. The van der Waals surface area contributed by atoms with Gasteiger partial charge in [-0.2, -0.15) is 0 Å². The Morgan fingerprint density at radius 3 is 2.14 bits per heavy atom. The molecular formula is C34H41Cl2N3O4S. The van der Waals surface area contributed by atoms with Gasteiger partial charge in [0.25, 0.3) is 0 Å². The molecule has 0 spiro atoms. The number of hydrogen-bond donors (Lipinski definition) is 1. The molecule has 0 saturated heterocycles. The first-order valence-corrected chi connectivity index (χ1v) is 17.7. The third-order valence-corrected chi connectivity index (χ3v) is 9.97. The van der Waals surface area contributed by atoms with E-state index in [-0.39, 0.29) is 30.8 Å². The van der Waals surface area contributed by atoms with E-state index in [1.165, 1.54) is 4.90 Å². The smallest absolute Gasteiger partial charge is 0.244 e. The normalized spacial score (nSPS) is 14.7. The molecule has 1 atom stereocenters. The summed E-state index contributed by atoms with van der Waals surface area (Å²) in [6.07, 6.45) is 6.34. The van der Waals surface area contributed by atoms with Crippen LogP contribution in [0.3, 0.4) is 0 Å². The summed E-state index contributed by atoms with van der Waals surface area (Å²) in [5.74, 6) is -0.504. The Labute approximate surface area is 271 Å². The summed E-state index contributed by atoms with van der Waals surface area (Å²) in [6, 6.07) is 20.9. The molecule has 3 aromatic carbocycles. The molecule has 0 radical (unpaired) electrons. The predicted molar refractivity (Wildman–Crippen MR) is 179 cm³/mol. The van der Waals surface area contributed by atoms with E-state index in [2.05, 4.69) is 19.2 Å². The van der Waals surface area contributed by atoms with Gasteiger partial charge in [0.05, 0.1) is 22.0 Å². The van der Waals surface area contributed by atoms with E-state index in [0.717, 1.165) is 53.8 Å². The lowest BCUT2D eigenvalue weighted by atomic mass is 9.94. The fourth-order valence-corrected chi connectivity index (χ4v) is 6.74. The molecule has 2 amide bonds. The molecule has 44 heavy (non-hydrogen) atoms. The van der Waals surface area contributed by atoms with E-state index < -0.39 is 28.5 Å². The molecule has 1 fully saturated rings. The lowest BCUT2D eigenvalue weighted by Gasteiger charge is -2.35. The van der Waals surface area contributed by atoms with Gasteiger partial charge in [-0.25, -0.2) is 8.42 Å². The standard InChI is InChI=1S/C34H41Cl2N3O4S/c1-24(2)27-15-17-29(18-16-27)39(44(3,42)43)23-33(40)38(22-26-14-19-30(35)31(36)20-26)32(21-25-10-6-4-7-11-25)34(41)37-28-12-8-5-9-13-28/h4,6-7,10-11,14-20,24,28,32H,5,8-9,12-13,21-23H2,1-3H3,(H,37,41)/t32-/m1/s1. The van der Waals surface area contributed by atoms with Crippen LogP contribution >= 0.6 is 23.2 Å². The van der Waals surface area contributed by atoms with Crippen molar-refractivity contribution in [3.8, 4) is 0 Å². The number of nitrogens with one attached hydrogen (secondary N) is 1. The van der Waals surface area contributed by atoms with Crippen LogP contribution in [-0.4, -0.2) is 50.0 Å². The zero-order valence-electron chi connectivity index (χ0n) is 25.5. The molecule has 0 unspecified atom stereocenters. The number of nitrogens with zero attached hydrogens (tertiary/aromatic N) is 2. The number of carbonyl (C=O) groups is 2. The average Bonchev–Trinajstić information content (AvgIpc) is 2.99. The zero-order valence-corrected chi connectivity index (χ0v) is 27.8. The Morgan fingerprint density at radius 2 is 1.55 bits per heavy atom. The monoisotopic (exact) mass is 657 g/mol. The SMILES string of the molecule is CC(C)c1ccc(N(CC(=O)N(Cc2ccc(Cl)c(Cl)c2)[C@H](Cc2ccccc2)C(=O)NC2CCCCC2)S(C)(=O)=O)cc1. The Balaban J connectivity index is 1.73. The molecule has 1 aliphatic rings. The Kier molecular flexibility index (Phi) is 11.7. The molecule has 1 N–H and O–H groups in total. The first-order chi connectivity index (χ1) is 20.9. The van der Waals surface area contributed by atoms with E-state index in [4.69, 9.17) is 23.2 Å². The van der Waals surface area contributed by atoms with Crippen molar-refractivity contribution in [1.82, 2.24) is 10.2 Å². The van der Waals surface area contributed by atoms with Crippen molar-refractivity contribution in [2.24, 2.45) is 0 Å². The van der Waals surface area contributed by atoms with Crippen molar-refractivity contribution in [2.75, 3.05) is 17.1 Å². The summed E-state index contributed by atoms with van der Waals surface area (Å²) >= 11 is 12.5. The van der Waals surface area contributed by atoms with Crippen LogP contribution < -0.4 is 9.62 Å². The van der Waals surface area contributed by atoms with Gasteiger partial charge >= 0.3 is 0 Å². The fraction of sp³-hybridized carbons (Fsp3) is 0.412. The number of carbonyl (C=O) groups excluding carboxylic acids is 2. The van der Waals surface area contributed by atoms with Crippen molar-refractivity contribution in [3.05, 3.63) is 99.5 Å². The predicted octanol–water partition coefficient (Wildman–Crippen LogP) is 6.97. The molecule has 0 aliphatic heterocycles. The van der Waals surface area contributed by atoms with E-state index in [1.54, 1.807) is 30.3 Å². The minimum Gasteiger partial charge on any atom is -0.352 e. The van der Waals surface area contributed by atoms with E-state index in [0.29, 0.717) is 21.3 Å². The van der Waals surface area contributed by atoms with Gasteiger partial charge in [0.2, 0.25) is 21.8 Å². The highest BCUT2D eigenvalue weighted by Crippen LogP contribution is 2.26. The molecule has 0 bridgehead atoms. The highest BCUT2D eigenvalue weighted by atomic mass is 35.5. The average molecular weight is 659 g/mol. The maximum absolute atomic E-state index is 14.3. The van der Waals surface area contributed by atoms with Crippen molar-refractivity contribution < 1.29 is 18.0 Å². The van der Waals surface area contributed by atoms with Gasteiger partial charge in [-0.05, 0) is 59.7 Å². The van der Waals surface area contributed by atoms with Gasteiger partial charge in [0.15, 0.2) is 0 Å². The second-order valence-electron chi connectivity index (χ2n) is 11.8. The molecule has 0 heterocycles. The molecule has 7 nitrogen and oxygen atoms in total. The van der Waals surface area contributed by atoms with Crippen LogP contribution in [0, 0.1) is 0 Å². The summed E-state index contributed by atoms with van der Waals surface area (Å²) in [5, 5.41) is 3.90. The number of hydrogen-bond acceptors (Lipinski definition) is 4. The van der Waals surface area contributed by atoms with Gasteiger partial charge in [-0.3, -0.25) is 13.9 Å². The zero-order chi connectivity index (χ0) is 31.9. The molecule has 4 rings (SSSR count). The van der Waals surface area contributed by atoms with Gasteiger partial charge < -0.3 is 10.2 Å². The summed E-state index contributed by atoms with van der Waals surface area (Å²) in [6.45, 7) is 3.68. The van der Waals surface area contributed by atoms with Gasteiger partial charge in [0.1, 0.15) is 12.6 Å². The lowest BCUT2D eigenvalue weighted by molar-refractivity contribution is -0.140. The maximum atomic E-state index is 14.3. The van der Waals surface area contributed by atoms with Crippen LogP contribution in [0.5, 0.6) is 0 Å². The van der Waals surface area contributed by atoms with Crippen molar-refractivity contribution in [2.45, 2.75) is 76.9 Å². The highest BCUT2D eigenvalue weighted by Gasteiger charge is 2.34. The van der Waals surface area contributed by atoms with Crippen molar-refractivity contribution >= 4 is 50.7 Å².